The maximum absolute atomic E-state index is 5.94. The molecule has 3 atom stereocenters. The van der Waals surface area contributed by atoms with Crippen molar-refractivity contribution < 1.29 is 4.74 Å². The molecule has 2 aliphatic rings. The molecule has 19 heavy (non-hydrogen) atoms. The molecule has 2 aliphatic heterocycles. The van der Waals surface area contributed by atoms with Crippen molar-refractivity contribution in [3.8, 4) is 5.75 Å². The summed E-state index contributed by atoms with van der Waals surface area (Å²) in [6.45, 7) is 7.64. The van der Waals surface area contributed by atoms with E-state index in [0.717, 1.165) is 35.8 Å². The molecular weight excluding hydrogens is 260 g/mol. The van der Waals surface area contributed by atoms with E-state index in [0.29, 0.717) is 6.04 Å². The third-order valence-electron chi connectivity index (χ3n) is 4.50. The minimum absolute atomic E-state index is 0.669. The van der Waals surface area contributed by atoms with Crippen molar-refractivity contribution in [2.45, 2.75) is 13.0 Å². The lowest BCUT2D eigenvalue weighted by Gasteiger charge is -2.24. The summed E-state index contributed by atoms with van der Waals surface area (Å²) in [6, 6.07) is 8.28. The molecule has 3 unspecified atom stereocenters. The molecule has 0 aliphatic carbocycles. The zero-order valence-electron chi connectivity index (χ0n) is 11.3. The fraction of sp³-hybridized carbons (Fsp3) is 0.600. The average Bonchev–Trinajstić information content (AvgIpc) is 2.94. The first kappa shape index (κ1) is 13.2. The number of ether oxygens (including phenoxy) is 1. The number of nitrogens with one attached hydrogen (secondary N) is 1. The van der Waals surface area contributed by atoms with E-state index in [2.05, 4.69) is 17.1 Å². The van der Waals surface area contributed by atoms with Crippen LogP contribution < -0.4 is 10.1 Å². The third kappa shape index (κ3) is 2.88. The number of rotatable bonds is 4. The Kier molecular flexibility index (Phi) is 3.96. The lowest BCUT2D eigenvalue weighted by molar-refractivity contribution is 0.189. The molecule has 0 saturated carbocycles. The summed E-state index contributed by atoms with van der Waals surface area (Å²) in [4.78, 5) is 2.56. The SMILES string of the molecule is CC1C2CNCC2CN1CCOc1cccc(Cl)c1. The minimum Gasteiger partial charge on any atom is -0.492 e. The van der Waals surface area contributed by atoms with Crippen LogP contribution in [0.5, 0.6) is 5.75 Å². The highest BCUT2D eigenvalue weighted by molar-refractivity contribution is 6.30. The van der Waals surface area contributed by atoms with Gasteiger partial charge in [0.1, 0.15) is 12.4 Å². The van der Waals surface area contributed by atoms with Crippen LogP contribution in [-0.4, -0.2) is 43.7 Å². The van der Waals surface area contributed by atoms with Crippen LogP contribution in [-0.2, 0) is 0 Å². The Bertz CT molecular complexity index is 440. The summed E-state index contributed by atoms with van der Waals surface area (Å²) in [7, 11) is 0. The third-order valence-corrected chi connectivity index (χ3v) is 4.74. The molecule has 0 amide bonds. The molecule has 1 N–H and O–H groups in total. The van der Waals surface area contributed by atoms with E-state index in [1.165, 1.54) is 19.6 Å². The molecule has 2 fully saturated rings. The molecular formula is C15H21ClN2O. The summed E-state index contributed by atoms with van der Waals surface area (Å²) in [6.07, 6.45) is 0. The standard InChI is InChI=1S/C15H21ClN2O/c1-11-15-9-17-8-12(15)10-18(11)5-6-19-14-4-2-3-13(16)7-14/h2-4,7,11-12,15,17H,5-6,8-10H2,1H3. The van der Waals surface area contributed by atoms with Crippen molar-refractivity contribution in [1.82, 2.24) is 10.2 Å². The van der Waals surface area contributed by atoms with Gasteiger partial charge in [-0.1, -0.05) is 17.7 Å². The molecule has 0 bridgehead atoms. The first-order chi connectivity index (χ1) is 9.24. The van der Waals surface area contributed by atoms with Crippen LogP contribution in [0.3, 0.4) is 0 Å². The number of halogens is 1. The molecule has 0 radical (unpaired) electrons. The quantitative estimate of drug-likeness (QED) is 0.916. The number of nitrogens with zero attached hydrogens (tertiary/aromatic N) is 1. The lowest BCUT2D eigenvalue weighted by atomic mass is 9.95. The summed E-state index contributed by atoms with van der Waals surface area (Å²) in [5.41, 5.74) is 0. The molecule has 4 heteroatoms. The molecule has 0 aromatic heterocycles. The van der Waals surface area contributed by atoms with E-state index in [4.69, 9.17) is 16.3 Å². The van der Waals surface area contributed by atoms with E-state index in [-0.39, 0.29) is 0 Å². The van der Waals surface area contributed by atoms with Gasteiger partial charge in [-0.3, -0.25) is 4.90 Å². The Labute approximate surface area is 119 Å². The van der Waals surface area contributed by atoms with Gasteiger partial charge in [0, 0.05) is 24.2 Å². The average molecular weight is 281 g/mol. The number of benzene rings is 1. The fourth-order valence-corrected chi connectivity index (χ4v) is 3.57. The van der Waals surface area contributed by atoms with Gasteiger partial charge in [0.25, 0.3) is 0 Å². The Morgan fingerprint density at radius 2 is 2.32 bits per heavy atom. The second kappa shape index (κ2) is 5.70. The van der Waals surface area contributed by atoms with Crippen LogP contribution in [0.25, 0.3) is 0 Å². The molecule has 3 rings (SSSR count). The van der Waals surface area contributed by atoms with Crippen LogP contribution in [0.2, 0.25) is 5.02 Å². The largest absolute Gasteiger partial charge is 0.492 e. The van der Waals surface area contributed by atoms with Crippen LogP contribution in [0.4, 0.5) is 0 Å². The van der Waals surface area contributed by atoms with E-state index < -0.39 is 0 Å². The number of fused-ring (bicyclic) bond motifs is 1. The predicted octanol–water partition coefficient (Wildman–Crippen LogP) is 2.26. The number of hydrogen-bond donors (Lipinski definition) is 1. The zero-order chi connectivity index (χ0) is 13.2. The van der Waals surface area contributed by atoms with Crippen molar-refractivity contribution in [2.75, 3.05) is 32.8 Å². The fourth-order valence-electron chi connectivity index (χ4n) is 3.39. The van der Waals surface area contributed by atoms with Crippen LogP contribution in [0.1, 0.15) is 6.92 Å². The lowest BCUT2D eigenvalue weighted by Crippen LogP contribution is -2.36. The maximum Gasteiger partial charge on any atom is 0.120 e. The van der Waals surface area contributed by atoms with E-state index in [1.54, 1.807) is 0 Å². The van der Waals surface area contributed by atoms with Gasteiger partial charge >= 0.3 is 0 Å². The van der Waals surface area contributed by atoms with Gasteiger partial charge in [-0.15, -0.1) is 0 Å². The van der Waals surface area contributed by atoms with Crippen molar-refractivity contribution in [3.05, 3.63) is 29.3 Å². The van der Waals surface area contributed by atoms with E-state index in [9.17, 15) is 0 Å². The Hall–Kier alpha value is -0.770. The Morgan fingerprint density at radius 1 is 1.42 bits per heavy atom. The van der Waals surface area contributed by atoms with Crippen molar-refractivity contribution in [1.29, 1.82) is 0 Å². The normalized spacial score (nSPS) is 30.5. The van der Waals surface area contributed by atoms with Gasteiger partial charge < -0.3 is 10.1 Å². The highest BCUT2D eigenvalue weighted by Gasteiger charge is 2.41. The zero-order valence-corrected chi connectivity index (χ0v) is 12.1. The Balaban J connectivity index is 1.48. The first-order valence-electron chi connectivity index (χ1n) is 7.07. The van der Waals surface area contributed by atoms with Gasteiger partial charge in [0.15, 0.2) is 0 Å². The molecule has 2 heterocycles. The van der Waals surface area contributed by atoms with Gasteiger partial charge in [0.05, 0.1) is 0 Å². The molecule has 0 spiro atoms. The van der Waals surface area contributed by atoms with Crippen LogP contribution in [0.15, 0.2) is 24.3 Å². The molecule has 3 nitrogen and oxygen atoms in total. The van der Waals surface area contributed by atoms with Crippen molar-refractivity contribution in [3.63, 3.8) is 0 Å². The van der Waals surface area contributed by atoms with Crippen molar-refractivity contribution in [2.24, 2.45) is 11.8 Å². The van der Waals surface area contributed by atoms with E-state index in [1.807, 2.05) is 24.3 Å². The predicted molar refractivity (Wildman–Crippen MR) is 77.8 cm³/mol. The first-order valence-corrected chi connectivity index (χ1v) is 7.45. The van der Waals surface area contributed by atoms with Crippen LogP contribution >= 0.6 is 11.6 Å². The summed E-state index contributed by atoms with van der Waals surface area (Å²) < 4.78 is 5.78. The highest BCUT2D eigenvalue weighted by Crippen LogP contribution is 2.31. The minimum atomic E-state index is 0.669. The molecule has 104 valence electrons. The topological polar surface area (TPSA) is 24.5 Å². The van der Waals surface area contributed by atoms with Crippen molar-refractivity contribution >= 4 is 11.6 Å². The Morgan fingerprint density at radius 3 is 3.11 bits per heavy atom. The van der Waals surface area contributed by atoms with Gasteiger partial charge in [-0.25, -0.2) is 0 Å². The second-order valence-corrected chi connectivity index (χ2v) is 6.06. The van der Waals surface area contributed by atoms with Crippen LogP contribution in [0, 0.1) is 11.8 Å². The summed E-state index contributed by atoms with van der Waals surface area (Å²) >= 11 is 5.94. The number of hydrogen-bond acceptors (Lipinski definition) is 3. The smallest absolute Gasteiger partial charge is 0.120 e. The number of likely N-dealkylation sites (tertiary alicyclic amines) is 1. The summed E-state index contributed by atoms with van der Waals surface area (Å²) in [5.74, 6) is 2.52. The molecule has 1 aromatic carbocycles. The van der Waals surface area contributed by atoms with Gasteiger partial charge in [-0.2, -0.15) is 0 Å². The second-order valence-electron chi connectivity index (χ2n) is 5.62. The van der Waals surface area contributed by atoms with E-state index >= 15 is 0 Å². The summed E-state index contributed by atoms with van der Waals surface area (Å²) in [5, 5.41) is 4.22. The monoisotopic (exact) mass is 280 g/mol. The van der Waals surface area contributed by atoms with Gasteiger partial charge in [-0.05, 0) is 50.0 Å². The van der Waals surface area contributed by atoms with Gasteiger partial charge in [0.2, 0.25) is 0 Å². The maximum atomic E-state index is 5.94. The highest BCUT2D eigenvalue weighted by atomic mass is 35.5. The molecule has 1 aromatic rings. The molecule has 2 saturated heterocycles.